The molecule has 0 saturated heterocycles. The van der Waals surface area contributed by atoms with E-state index in [-0.39, 0.29) is 24.8 Å². The van der Waals surface area contributed by atoms with Crippen LogP contribution in [0.1, 0.15) is 27.7 Å². The fraction of sp³-hybridized carbons (Fsp3) is 0.562. The van der Waals surface area contributed by atoms with E-state index < -0.39 is 0 Å². The molecule has 132 valence electrons. The molecule has 0 amide bonds. The third-order valence-electron chi connectivity index (χ3n) is 4.72. The minimum Gasteiger partial charge on any atom is -1.00 e. The zero-order chi connectivity index (χ0) is 15.6. The molecule has 2 aromatic heterocycles. The van der Waals surface area contributed by atoms with Gasteiger partial charge in [-0.3, -0.25) is 0 Å². The number of quaternary nitrogens is 1. The van der Waals surface area contributed by atoms with Gasteiger partial charge in [-0.25, -0.2) is 4.52 Å². The van der Waals surface area contributed by atoms with Crippen molar-refractivity contribution >= 4 is 23.6 Å². The fourth-order valence-electron chi connectivity index (χ4n) is 2.55. The molecule has 5 nitrogen and oxygen atoms in total. The monoisotopic (exact) mass is 362 g/mol. The Morgan fingerprint density at radius 3 is 2.35 bits per heavy atom. The molecule has 0 aliphatic rings. The number of likely N-dealkylation sites (N-methyl/N-ethyl adjacent to an activating group) is 1. The van der Waals surface area contributed by atoms with Gasteiger partial charge in [-0.1, -0.05) is 6.07 Å². The van der Waals surface area contributed by atoms with Gasteiger partial charge in [-0.2, -0.15) is 0 Å². The molecule has 0 saturated carbocycles. The van der Waals surface area contributed by atoms with Gasteiger partial charge in [0.05, 0.1) is 24.6 Å². The van der Waals surface area contributed by atoms with E-state index in [4.69, 9.17) is 10.5 Å². The highest BCUT2D eigenvalue weighted by Gasteiger charge is 2.29. The quantitative estimate of drug-likeness (QED) is 0.735. The second-order valence-corrected chi connectivity index (χ2v) is 6.36. The first-order valence-corrected chi connectivity index (χ1v) is 7.56. The number of rotatable bonds is 6. The van der Waals surface area contributed by atoms with Crippen LogP contribution in [0, 0.1) is 0 Å². The van der Waals surface area contributed by atoms with Gasteiger partial charge >= 0.3 is 0 Å². The predicted molar refractivity (Wildman–Crippen MR) is 93.7 cm³/mol. The summed E-state index contributed by atoms with van der Waals surface area (Å²) in [4.78, 5) is 0. The number of nitrogen functional groups attached to an aromatic ring is 1. The molecule has 23 heavy (non-hydrogen) atoms. The Balaban J connectivity index is 0.00000242. The number of aromatic nitrogens is 2. The average Bonchev–Trinajstić information content (AvgIpc) is 2.75. The first-order valence-electron chi connectivity index (χ1n) is 7.56. The molecule has 0 aromatic carbocycles. The maximum atomic E-state index is 6.09. The zero-order valence-corrected chi connectivity index (χ0v) is 16.1. The van der Waals surface area contributed by atoms with E-state index in [0.29, 0.717) is 30.3 Å². The summed E-state index contributed by atoms with van der Waals surface area (Å²) in [5.41, 5.74) is 7.59. The molecular formula is C16H28Cl2N4O. The lowest BCUT2D eigenvalue weighted by Crippen LogP contribution is -3.00. The van der Waals surface area contributed by atoms with Crippen LogP contribution in [-0.2, 0) is 0 Å². The molecule has 2 rings (SSSR count). The van der Waals surface area contributed by atoms with E-state index >= 15 is 0 Å². The van der Waals surface area contributed by atoms with Gasteiger partial charge in [-0.15, -0.1) is 17.5 Å². The van der Waals surface area contributed by atoms with Crippen LogP contribution >= 0.6 is 12.4 Å². The van der Waals surface area contributed by atoms with E-state index in [9.17, 15) is 0 Å². The molecule has 0 bridgehead atoms. The van der Waals surface area contributed by atoms with Crippen LogP contribution in [0.4, 0.5) is 5.69 Å². The van der Waals surface area contributed by atoms with Crippen LogP contribution < -0.4 is 22.9 Å². The van der Waals surface area contributed by atoms with Crippen LogP contribution in [0.25, 0.3) is 5.52 Å². The Morgan fingerprint density at radius 1 is 1.22 bits per heavy atom. The number of halogens is 2. The van der Waals surface area contributed by atoms with Gasteiger partial charge in [0.25, 0.3) is 5.88 Å². The number of hydrogen-bond acceptors (Lipinski definition) is 3. The topological polar surface area (TPSA) is 52.5 Å². The van der Waals surface area contributed by atoms with Crippen molar-refractivity contribution in [1.82, 2.24) is 9.61 Å². The maximum Gasteiger partial charge on any atom is 0.257 e. The average molecular weight is 363 g/mol. The summed E-state index contributed by atoms with van der Waals surface area (Å²) in [7, 11) is 2.27. The van der Waals surface area contributed by atoms with Crippen LogP contribution in [0.3, 0.4) is 0 Å². The Bertz CT molecular complexity index is 605. The standard InChI is InChI=1S/C16H27N4O.2ClH/c1-12(2)20(5,13(3)4)10-11-21-16-15(17)14-8-6-7-9-19(14)18-16;;/h6-9,12-13H,10-11,17H2,1-5H3;2*1H/q+1;;/p-1. The Kier molecular flexibility index (Phi) is 8.18. The number of ether oxygens (including phenoxy) is 1. The third-order valence-corrected chi connectivity index (χ3v) is 4.72. The molecule has 7 heteroatoms. The minimum absolute atomic E-state index is 0. The van der Waals surface area contributed by atoms with Crippen LogP contribution in [-0.4, -0.2) is 46.4 Å². The lowest BCUT2D eigenvalue weighted by Gasteiger charge is -2.42. The van der Waals surface area contributed by atoms with Crippen molar-refractivity contribution < 1.29 is 21.6 Å². The van der Waals surface area contributed by atoms with E-state index in [1.807, 2.05) is 24.4 Å². The molecule has 0 radical (unpaired) electrons. The van der Waals surface area contributed by atoms with Crippen molar-refractivity contribution in [2.75, 3.05) is 25.9 Å². The molecule has 0 fully saturated rings. The summed E-state index contributed by atoms with van der Waals surface area (Å²) in [6.45, 7) is 10.5. The molecular weight excluding hydrogens is 335 g/mol. The number of nitrogens with two attached hydrogens (primary N) is 1. The molecule has 0 atom stereocenters. The van der Waals surface area contributed by atoms with Crippen molar-refractivity contribution in [2.24, 2.45) is 0 Å². The normalized spacial score (nSPS) is 11.4. The summed E-state index contributed by atoms with van der Waals surface area (Å²) in [5.74, 6) is 0.528. The van der Waals surface area contributed by atoms with E-state index in [1.165, 1.54) is 0 Å². The summed E-state index contributed by atoms with van der Waals surface area (Å²) in [6, 6.07) is 6.91. The second kappa shape index (κ2) is 8.62. The summed E-state index contributed by atoms with van der Waals surface area (Å²) >= 11 is 0. The first-order chi connectivity index (χ1) is 9.86. The minimum atomic E-state index is 0. The Morgan fingerprint density at radius 2 is 1.83 bits per heavy atom. The van der Waals surface area contributed by atoms with E-state index in [0.717, 1.165) is 16.5 Å². The van der Waals surface area contributed by atoms with Crippen molar-refractivity contribution in [1.29, 1.82) is 0 Å². The fourth-order valence-corrected chi connectivity index (χ4v) is 2.55. The van der Waals surface area contributed by atoms with E-state index in [1.54, 1.807) is 4.52 Å². The molecule has 0 unspecified atom stereocenters. The highest BCUT2D eigenvalue weighted by atomic mass is 35.5. The van der Waals surface area contributed by atoms with Gasteiger partial charge in [0, 0.05) is 6.20 Å². The summed E-state index contributed by atoms with van der Waals surface area (Å²) < 4.78 is 8.56. The number of nitrogens with zero attached hydrogens (tertiary/aromatic N) is 3. The smallest absolute Gasteiger partial charge is 0.257 e. The summed E-state index contributed by atoms with van der Waals surface area (Å²) in [6.07, 6.45) is 1.88. The molecule has 0 aliphatic carbocycles. The van der Waals surface area contributed by atoms with Gasteiger partial charge < -0.3 is 27.4 Å². The highest BCUT2D eigenvalue weighted by molar-refractivity contribution is 5.85. The predicted octanol–water partition coefficient (Wildman–Crippen LogP) is -0.0155. The molecule has 2 aromatic rings. The Hall–Kier alpha value is -1.17. The SMILES string of the molecule is CC(C)[N+](C)(CCOc1nn2ccccc2c1N)C(C)C.Cl.[Cl-]. The molecule has 0 aliphatic heterocycles. The van der Waals surface area contributed by atoms with Gasteiger partial charge in [0.15, 0.2) is 0 Å². The van der Waals surface area contributed by atoms with Crippen molar-refractivity contribution in [3.05, 3.63) is 24.4 Å². The molecule has 2 heterocycles. The summed E-state index contributed by atoms with van der Waals surface area (Å²) in [5, 5.41) is 4.38. The van der Waals surface area contributed by atoms with Gasteiger partial charge in [0.2, 0.25) is 0 Å². The maximum absolute atomic E-state index is 6.09. The second-order valence-electron chi connectivity index (χ2n) is 6.36. The largest absolute Gasteiger partial charge is 1.00 e. The van der Waals surface area contributed by atoms with Crippen molar-refractivity contribution in [3.63, 3.8) is 0 Å². The number of hydrogen-bond donors (Lipinski definition) is 1. The first kappa shape index (κ1) is 21.8. The van der Waals surface area contributed by atoms with Gasteiger partial charge in [-0.05, 0) is 39.8 Å². The van der Waals surface area contributed by atoms with Crippen LogP contribution in [0.5, 0.6) is 5.88 Å². The number of anilines is 1. The molecule has 0 spiro atoms. The Labute approximate surface area is 151 Å². The van der Waals surface area contributed by atoms with Crippen molar-refractivity contribution in [3.8, 4) is 5.88 Å². The number of fused-ring (bicyclic) bond motifs is 1. The highest BCUT2D eigenvalue weighted by Crippen LogP contribution is 2.25. The number of pyridine rings is 1. The van der Waals surface area contributed by atoms with Gasteiger partial charge in [0.1, 0.15) is 18.8 Å². The van der Waals surface area contributed by atoms with Crippen LogP contribution in [0.2, 0.25) is 0 Å². The molecule has 2 N–H and O–H groups in total. The van der Waals surface area contributed by atoms with Crippen LogP contribution in [0.15, 0.2) is 24.4 Å². The lowest BCUT2D eigenvalue weighted by molar-refractivity contribution is -0.949. The van der Waals surface area contributed by atoms with E-state index in [2.05, 4.69) is 39.8 Å². The third kappa shape index (κ3) is 4.43. The van der Waals surface area contributed by atoms with Crippen molar-refractivity contribution in [2.45, 2.75) is 39.8 Å². The lowest BCUT2D eigenvalue weighted by atomic mass is 10.1. The zero-order valence-electron chi connectivity index (χ0n) is 14.5.